The number of halogens is 1. The predicted molar refractivity (Wildman–Crippen MR) is 152 cm³/mol. The molecule has 39 heavy (non-hydrogen) atoms. The van der Waals surface area contributed by atoms with E-state index in [2.05, 4.69) is 5.10 Å². The molecule has 0 atom stereocenters. The average Bonchev–Trinajstić information content (AvgIpc) is 3.44. The number of sulfonamides is 1. The van der Waals surface area contributed by atoms with Crippen molar-refractivity contribution >= 4 is 33.0 Å². The van der Waals surface area contributed by atoms with Crippen LogP contribution >= 0.6 is 11.6 Å². The van der Waals surface area contributed by atoms with Crippen LogP contribution < -0.4 is 25.7 Å². The molecule has 0 unspecified atom stereocenters. The molecular weight excluding hydrogens is 542 g/mol. The van der Waals surface area contributed by atoms with Crippen LogP contribution in [0.5, 0.6) is 11.5 Å². The fourth-order valence-electron chi connectivity index (χ4n) is 5.12. The van der Waals surface area contributed by atoms with E-state index in [9.17, 15) is 13.2 Å². The Balaban J connectivity index is 1.37. The molecule has 1 aromatic heterocycles. The van der Waals surface area contributed by atoms with Crippen molar-refractivity contribution in [3.63, 3.8) is 0 Å². The lowest BCUT2D eigenvalue weighted by Gasteiger charge is -2.36. The van der Waals surface area contributed by atoms with E-state index < -0.39 is 10.0 Å². The molecule has 1 saturated heterocycles. The van der Waals surface area contributed by atoms with Crippen LogP contribution in [0.25, 0.3) is 5.69 Å². The minimum Gasteiger partial charge on any atom is -0.495 e. The van der Waals surface area contributed by atoms with Crippen molar-refractivity contribution in [2.45, 2.75) is 37.5 Å². The quantitative estimate of drug-likeness (QED) is 0.407. The highest BCUT2D eigenvalue weighted by atomic mass is 35.5. The Morgan fingerprint density at radius 3 is 2.49 bits per heavy atom. The number of nitrogen functional groups attached to an aromatic ring is 1. The average molecular weight is 574 g/mol. The number of nitrogens with zero attached hydrogens (tertiary/aromatic N) is 4. The second-order valence-corrected chi connectivity index (χ2v) is 12.2. The van der Waals surface area contributed by atoms with Gasteiger partial charge >= 0.3 is 5.56 Å². The van der Waals surface area contributed by atoms with E-state index in [4.69, 9.17) is 26.8 Å². The molecule has 2 aromatic carbocycles. The van der Waals surface area contributed by atoms with Crippen molar-refractivity contribution in [2.75, 3.05) is 43.9 Å². The Kier molecular flexibility index (Phi) is 8.01. The SMILES string of the molecule is COc1cccc(CS(=O)(=O)N2CCN(c3cnn(-c4cccc(Cl)c4)c(=O)c3OC3CCCC3)CC2)c1N. The molecule has 2 aliphatic rings. The summed E-state index contributed by atoms with van der Waals surface area (Å²) < 4.78 is 40.7. The van der Waals surface area contributed by atoms with E-state index >= 15 is 0 Å². The van der Waals surface area contributed by atoms with Crippen LogP contribution in [-0.2, 0) is 15.8 Å². The number of piperazine rings is 1. The Morgan fingerprint density at radius 2 is 1.79 bits per heavy atom. The molecule has 0 amide bonds. The van der Waals surface area contributed by atoms with Crippen LogP contribution in [-0.4, -0.2) is 61.9 Å². The predicted octanol–water partition coefficient (Wildman–Crippen LogP) is 3.45. The third-order valence-corrected chi connectivity index (χ3v) is 9.30. The summed E-state index contributed by atoms with van der Waals surface area (Å²) >= 11 is 6.15. The molecule has 2 heterocycles. The Hall–Kier alpha value is -3.28. The highest BCUT2D eigenvalue weighted by molar-refractivity contribution is 7.88. The number of hydrogen-bond donors (Lipinski definition) is 1. The van der Waals surface area contributed by atoms with Crippen molar-refractivity contribution in [3.05, 3.63) is 69.6 Å². The van der Waals surface area contributed by atoms with Crippen molar-refractivity contribution in [2.24, 2.45) is 0 Å². The zero-order valence-electron chi connectivity index (χ0n) is 21.8. The summed E-state index contributed by atoms with van der Waals surface area (Å²) in [6.45, 7) is 1.28. The minimum atomic E-state index is -3.63. The standard InChI is InChI=1S/C27H32ClN5O5S/c1-37-24-11-4-6-19(25(24)29)18-39(35,36)32-14-12-31(13-15-32)23-17-30-33(21-8-5-7-20(28)16-21)27(34)26(23)38-22-9-2-3-10-22/h4-8,11,16-17,22H,2-3,9-10,12-15,18,29H2,1H3. The summed E-state index contributed by atoms with van der Waals surface area (Å²) in [6.07, 6.45) is 5.47. The largest absolute Gasteiger partial charge is 0.495 e. The number of rotatable bonds is 8. The third kappa shape index (κ3) is 5.85. The monoisotopic (exact) mass is 573 g/mol. The van der Waals surface area contributed by atoms with Crippen molar-refractivity contribution in [1.29, 1.82) is 0 Å². The number of anilines is 2. The van der Waals surface area contributed by atoms with E-state index in [-0.39, 0.29) is 36.3 Å². The number of benzene rings is 2. The minimum absolute atomic E-state index is 0.0401. The summed E-state index contributed by atoms with van der Waals surface area (Å²) in [5.41, 5.74) is 7.68. The Morgan fingerprint density at radius 1 is 1.08 bits per heavy atom. The van der Waals surface area contributed by atoms with E-state index in [1.54, 1.807) is 48.7 Å². The van der Waals surface area contributed by atoms with Gasteiger partial charge < -0.3 is 20.1 Å². The zero-order chi connectivity index (χ0) is 27.6. The lowest BCUT2D eigenvalue weighted by molar-refractivity contribution is 0.205. The first-order valence-electron chi connectivity index (χ1n) is 13.0. The zero-order valence-corrected chi connectivity index (χ0v) is 23.3. The maximum Gasteiger partial charge on any atom is 0.316 e. The van der Waals surface area contributed by atoms with Gasteiger partial charge in [-0.15, -0.1) is 0 Å². The van der Waals surface area contributed by atoms with E-state index in [0.29, 0.717) is 46.5 Å². The molecule has 0 radical (unpaired) electrons. The van der Waals surface area contributed by atoms with E-state index in [1.165, 1.54) is 16.1 Å². The number of para-hydroxylation sites is 1. The van der Waals surface area contributed by atoms with Crippen LogP contribution in [0.2, 0.25) is 5.02 Å². The van der Waals surface area contributed by atoms with Gasteiger partial charge in [0.05, 0.1) is 36.5 Å². The molecule has 12 heteroatoms. The van der Waals surface area contributed by atoms with Crippen LogP contribution in [0.4, 0.5) is 11.4 Å². The first-order chi connectivity index (χ1) is 18.8. The van der Waals surface area contributed by atoms with Crippen LogP contribution in [0.1, 0.15) is 31.2 Å². The topological polar surface area (TPSA) is 120 Å². The molecule has 2 fully saturated rings. The summed E-state index contributed by atoms with van der Waals surface area (Å²) in [5.74, 6) is 0.461. The number of methoxy groups -OCH3 is 1. The molecule has 0 bridgehead atoms. The molecular formula is C27H32ClN5O5S. The third-order valence-electron chi connectivity index (χ3n) is 7.24. The normalized spacial score (nSPS) is 16.9. The molecule has 10 nitrogen and oxygen atoms in total. The van der Waals surface area contributed by atoms with Crippen molar-refractivity contribution in [3.8, 4) is 17.2 Å². The highest BCUT2D eigenvalue weighted by Crippen LogP contribution is 2.31. The van der Waals surface area contributed by atoms with E-state index in [0.717, 1.165) is 25.7 Å². The second kappa shape index (κ2) is 11.4. The molecule has 5 rings (SSSR count). The number of ether oxygens (including phenoxy) is 2. The van der Waals surface area contributed by atoms with E-state index in [1.807, 2.05) is 4.90 Å². The molecule has 3 aromatic rings. The smallest absolute Gasteiger partial charge is 0.316 e. The number of hydrogen-bond acceptors (Lipinski definition) is 8. The van der Waals surface area contributed by atoms with Gasteiger partial charge in [-0.05, 0) is 55.5 Å². The fraction of sp³-hybridized carbons (Fsp3) is 0.407. The Labute approximate surface area is 232 Å². The van der Waals surface area contributed by atoms with Crippen molar-refractivity contribution < 1.29 is 17.9 Å². The molecule has 1 saturated carbocycles. The summed E-state index contributed by atoms with van der Waals surface area (Å²) in [6, 6.07) is 12.0. The summed E-state index contributed by atoms with van der Waals surface area (Å²) in [7, 11) is -2.13. The molecule has 2 N–H and O–H groups in total. The van der Waals surface area contributed by atoms with Gasteiger partial charge in [0.25, 0.3) is 0 Å². The van der Waals surface area contributed by atoms with Gasteiger partial charge in [-0.2, -0.15) is 14.1 Å². The maximum atomic E-state index is 13.6. The van der Waals surface area contributed by atoms with Crippen LogP contribution in [0, 0.1) is 0 Å². The van der Waals surface area contributed by atoms with Crippen molar-refractivity contribution in [1.82, 2.24) is 14.1 Å². The maximum absolute atomic E-state index is 13.6. The Bertz CT molecular complexity index is 1500. The van der Waals surface area contributed by atoms with Crippen LogP contribution in [0.15, 0.2) is 53.5 Å². The second-order valence-electron chi connectivity index (χ2n) is 9.76. The van der Waals surface area contributed by atoms with Gasteiger partial charge in [-0.3, -0.25) is 4.79 Å². The molecule has 1 aliphatic heterocycles. The molecule has 0 spiro atoms. The lowest BCUT2D eigenvalue weighted by Crippen LogP contribution is -2.49. The van der Waals surface area contributed by atoms with Gasteiger partial charge in [0, 0.05) is 31.2 Å². The first kappa shape index (κ1) is 27.3. The fourth-order valence-corrected chi connectivity index (χ4v) is 6.85. The van der Waals surface area contributed by atoms with Gasteiger partial charge in [0.1, 0.15) is 11.4 Å². The number of nitrogens with two attached hydrogens (primary N) is 1. The molecule has 1 aliphatic carbocycles. The summed E-state index contributed by atoms with van der Waals surface area (Å²) in [5, 5.41) is 4.91. The first-order valence-corrected chi connectivity index (χ1v) is 14.9. The van der Waals surface area contributed by atoms with Gasteiger partial charge in [-0.25, -0.2) is 8.42 Å². The molecule has 208 valence electrons. The van der Waals surface area contributed by atoms with Gasteiger partial charge in [0.2, 0.25) is 15.8 Å². The van der Waals surface area contributed by atoms with Crippen LogP contribution in [0.3, 0.4) is 0 Å². The number of aromatic nitrogens is 2. The van der Waals surface area contributed by atoms with Gasteiger partial charge in [-0.1, -0.05) is 29.8 Å². The van der Waals surface area contributed by atoms with Gasteiger partial charge in [0.15, 0.2) is 0 Å². The lowest BCUT2D eigenvalue weighted by atomic mass is 10.2. The summed E-state index contributed by atoms with van der Waals surface area (Å²) in [4.78, 5) is 15.6. The highest BCUT2D eigenvalue weighted by Gasteiger charge is 2.31.